The van der Waals surface area contributed by atoms with Gasteiger partial charge in [0.05, 0.1) is 13.1 Å². The van der Waals surface area contributed by atoms with Gasteiger partial charge in [0.15, 0.2) is 5.96 Å². The quantitative estimate of drug-likeness (QED) is 0.367. The van der Waals surface area contributed by atoms with Gasteiger partial charge < -0.3 is 19.9 Å². The summed E-state index contributed by atoms with van der Waals surface area (Å²) < 4.78 is 7.81. The van der Waals surface area contributed by atoms with Crippen molar-refractivity contribution in [3.63, 3.8) is 0 Å². The number of aliphatic imine (C=N–C) groups is 1. The molecule has 6 heteroatoms. The summed E-state index contributed by atoms with van der Waals surface area (Å²) in [5, 5.41) is 6.54. The Bertz CT molecular complexity index is 830. The number of hydrogen-bond donors (Lipinski definition) is 2. The van der Waals surface area contributed by atoms with Crippen LogP contribution in [0.15, 0.2) is 78.0 Å². The summed E-state index contributed by atoms with van der Waals surface area (Å²) in [7, 11) is 1.75. The Morgan fingerprint density at radius 2 is 1.78 bits per heavy atom. The average molecular weight is 363 g/mol. The molecule has 0 fully saturated rings. The number of aromatic nitrogens is 2. The summed E-state index contributed by atoms with van der Waals surface area (Å²) in [4.78, 5) is 8.70. The molecule has 0 aliphatic heterocycles. The molecule has 0 aliphatic carbocycles. The average Bonchev–Trinajstić information content (AvgIpc) is 3.16. The van der Waals surface area contributed by atoms with Gasteiger partial charge in [-0.1, -0.05) is 48.5 Å². The number of para-hydroxylation sites is 1. The van der Waals surface area contributed by atoms with Crippen LogP contribution in [-0.2, 0) is 13.1 Å². The summed E-state index contributed by atoms with van der Waals surface area (Å²) >= 11 is 0. The molecule has 1 aromatic heterocycles. The molecule has 140 valence electrons. The topological polar surface area (TPSA) is 63.5 Å². The van der Waals surface area contributed by atoms with Gasteiger partial charge in [-0.3, -0.25) is 4.99 Å². The van der Waals surface area contributed by atoms with Crippen LogP contribution in [0, 0.1) is 0 Å². The molecule has 0 unspecified atom stereocenters. The zero-order valence-electron chi connectivity index (χ0n) is 15.5. The second-order valence-corrected chi connectivity index (χ2v) is 5.97. The number of nitrogens with zero attached hydrogens (tertiary/aromatic N) is 3. The molecular weight excluding hydrogens is 338 g/mol. The minimum Gasteiger partial charge on any atom is -0.492 e. The number of benzene rings is 2. The second-order valence-electron chi connectivity index (χ2n) is 5.97. The van der Waals surface area contributed by atoms with E-state index in [4.69, 9.17) is 4.74 Å². The molecule has 0 amide bonds. The normalized spacial score (nSPS) is 11.2. The first-order valence-electron chi connectivity index (χ1n) is 9.01. The van der Waals surface area contributed by atoms with E-state index in [1.165, 1.54) is 5.56 Å². The number of imidazole rings is 1. The lowest BCUT2D eigenvalue weighted by Crippen LogP contribution is -2.39. The fourth-order valence-electron chi connectivity index (χ4n) is 2.67. The maximum absolute atomic E-state index is 5.68. The van der Waals surface area contributed by atoms with Gasteiger partial charge in [0.2, 0.25) is 0 Å². The molecular formula is C21H25N5O. The van der Waals surface area contributed by atoms with Crippen LogP contribution >= 0.6 is 0 Å². The maximum Gasteiger partial charge on any atom is 0.191 e. The van der Waals surface area contributed by atoms with Gasteiger partial charge in [0, 0.05) is 26.0 Å². The Morgan fingerprint density at radius 1 is 1.04 bits per heavy atom. The summed E-state index contributed by atoms with van der Waals surface area (Å²) in [5.41, 5.74) is 1.25. The van der Waals surface area contributed by atoms with E-state index < -0.39 is 0 Å². The first-order chi connectivity index (χ1) is 13.3. The highest BCUT2D eigenvalue weighted by atomic mass is 16.5. The van der Waals surface area contributed by atoms with Crippen LogP contribution in [-0.4, -0.2) is 35.7 Å². The van der Waals surface area contributed by atoms with Crippen LogP contribution < -0.4 is 15.4 Å². The van der Waals surface area contributed by atoms with Crippen molar-refractivity contribution in [3.05, 3.63) is 84.4 Å². The second kappa shape index (κ2) is 10.0. The third-order valence-corrected chi connectivity index (χ3v) is 4.04. The Balaban J connectivity index is 1.44. The van der Waals surface area contributed by atoms with Crippen LogP contribution in [0.1, 0.15) is 11.4 Å². The third kappa shape index (κ3) is 5.88. The number of nitrogens with one attached hydrogen (secondary N) is 2. The highest BCUT2D eigenvalue weighted by molar-refractivity contribution is 5.79. The summed E-state index contributed by atoms with van der Waals surface area (Å²) in [6.45, 7) is 2.62. The molecule has 0 radical (unpaired) electrons. The molecule has 0 bridgehead atoms. The van der Waals surface area contributed by atoms with E-state index in [0.717, 1.165) is 24.1 Å². The van der Waals surface area contributed by atoms with Crippen LogP contribution in [0.3, 0.4) is 0 Å². The Morgan fingerprint density at radius 3 is 2.52 bits per heavy atom. The van der Waals surface area contributed by atoms with E-state index in [9.17, 15) is 0 Å². The molecule has 2 aromatic carbocycles. The molecule has 3 aromatic rings. The van der Waals surface area contributed by atoms with Crippen molar-refractivity contribution in [1.82, 2.24) is 20.2 Å². The van der Waals surface area contributed by atoms with Gasteiger partial charge >= 0.3 is 0 Å². The number of guanidine groups is 1. The van der Waals surface area contributed by atoms with Crippen LogP contribution in [0.2, 0.25) is 0 Å². The molecule has 0 atom stereocenters. The summed E-state index contributed by atoms with van der Waals surface area (Å²) in [6.07, 6.45) is 3.82. The molecule has 0 aliphatic rings. The van der Waals surface area contributed by atoms with Crippen molar-refractivity contribution < 1.29 is 4.74 Å². The zero-order valence-corrected chi connectivity index (χ0v) is 15.5. The number of hydrogen-bond acceptors (Lipinski definition) is 3. The van der Waals surface area contributed by atoms with E-state index in [1.54, 1.807) is 7.05 Å². The van der Waals surface area contributed by atoms with E-state index >= 15 is 0 Å². The molecule has 3 rings (SSSR count). The van der Waals surface area contributed by atoms with Crippen LogP contribution in [0.5, 0.6) is 5.75 Å². The lowest BCUT2D eigenvalue weighted by Gasteiger charge is -2.13. The van der Waals surface area contributed by atoms with Crippen molar-refractivity contribution in [2.75, 3.05) is 20.2 Å². The Kier molecular flexibility index (Phi) is 6.86. The van der Waals surface area contributed by atoms with Gasteiger partial charge in [-0.25, -0.2) is 4.98 Å². The molecule has 1 heterocycles. The lowest BCUT2D eigenvalue weighted by atomic mass is 10.2. The molecule has 0 spiro atoms. The van der Waals surface area contributed by atoms with Gasteiger partial charge in [0.1, 0.15) is 18.2 Å². The van der Waals surface area contributed by atoms with E-state index in [0.29, 0.717) is 19.7 Å². The van der Waals surface area contributed by atoms with Crippen molar-refractivity contribution in [1.29, 1.82) is 0 Å². The van der Waals surface area contributed by atoms with Crippen molar-refractivity contribution in [2.45, 2.75) is 13.1 Å². The van der Waals surface area contributed by atoms with E-state index in [1.807, 2.05) is 60.9 Å². The van der Waals surface area contributed by atoms with Gasteiger partial charge in [-0.2, -0.15) is 0 Å². The highest BCUT2D eigenvalue weighted by Gasteiger charge is 2.05. The SMILES string of the molecule is CN=C(NCCOc1ccccc1)NCc1nccn1Cc1ccccc1. The van der Waals surface area contributed by atoms with Crippen LogP contribution in [0.4, 0.5) is 0 Å². The number of ether oxygens (including phenoxy) is 1. The molecule has 0 saturated carbocycles. The minimum absolute atomic E-state index is 0.563. The smallest absolute Gasteiger partial charge is 0.191 e. The van der Waals surface area contributed by atoms with Gasteiger partial charge in [-0.05, 0) is 17.7 Å². The van der Waals surface area contributed by atoms with Gasteiger partial charge in [0.25, 0.3) is 0 Å². The molecule has 6 nitrogen and oxygen atoms in total. The fourth-order valence-corrected chi connectivity index (χ4v) is 2.67. The maximum atomic E-state index is 5.68. The van der Waals surface area contributed by atoms with E-state index in [2.05, 4.69) is 37.3 Å². The fraction of sp³-hybridized carbons (Fsp3) is 0.238. The van der Waals surface area contributed by atoms with Crippen molar-refractivity contribution in [3.8, 4) is 5.75 Å². The molecule has 0 saturated heterocycles. The first kappa shape index (κ1) is 18.5. The number of rotatable bonds is 8. The zero-order chi connectivity index (χ0) is 18.7. The van der Waals surface area contributed by atoms with E-state index in [-0.39, 0.29) is 0 Å². The molecule has 27 heavy (non-hydrogen) atoms. The predicted octanol–water partition coefficient (Wildman–Crippen LogP) is 2.68. The Labute approximate surface area is 159 Å². The Hall–Kier alpha value is -3.28. The van der Waals surface area contributed by atoms with Crippen molar-refractivity contribution >= 4 is 5.96 Å². The van der Waals surface area contributed by atoms with Gasteiger partial charge in [-0.15, -0.1) is 0 Å². The summed E-state index contributed by atoms with van der Waals surface area (Å²) in [6, 6.07) is 20.1. The largest absolute Gasteiger partial charge is 0.492 e. The highest BCUT2D eigenvalue weighted by Crippen LogP contribution is 2.07. The predicted molar refractivity (Wildman–Crippen MR) is 108 cm³/mol. The summed E-state index contributed by atoms with van der Waals surface area (Å²) in [5.74, 6) is 2.55. The molecule has 2 N–H and O–H groups in total. The minimum atomic E-state index is 0.563. The standard InChI is InChI=1S/C21H25N5O/c1-22-21(24-13-15-27-19-10-6-3-7-11-19)25-16-20-23-12-14-26(20)17-18-8-4-2-5-9-18/h2-12,14H,13,15-17H2,1H3,(H2,22,24,25). The van der Waals surface area contributed by atoms with Crippen molar-refractivity contribution in [2.24, 2.45) is 4.99 Å². The third-order valence-electron chi connectivity index (χ3n) is 4.04. The van der Waals surface area contributed by atoms with Crippen LogP contribution in [0.25, 0.3) is 0 Å². The first-order valence-corrected chi connectivity index (χ1v) is 9.01. The lowest BCUT2D eigenvalue weighted by molar-refractivity contribution is 0.322. The monoisotopic (exact) mass is 363 g/mol.